The van der Waals surface area contributed by atoms with E-state index in [4.69, 9.17) is 0 Å². The molecule has 1 amide bonds. The maximum atomic E-state index is 11.9. The van der Waals surface area contributed by atoms with Gasteiger partial charge in [0.15, 0.2) is 0 Å². The molecule has 0 saturated heterocycles. The molecule has 0 atom stereocenters. The van der Waals surface area contributed by atoms with E-state index in [1.54, 1.807) is 16.7 Å². The Morgan fingerprint density at radius 2 is 2.00 bits per heavy atom. The number of carbonyl (C=O) groups excluding carboxylic acids is 1. The predicted octanol–water partition coefficient (Wildman–Crippen LogP) is 2.88. The molecule has 82 valence electrons. The first-order valence-electron chi connectivity index (χ1n) is 4.65. The first-order chi connectivity index (χ1) is 7.15. The van der Waals surface area contributed by atoms with Gasteiger partial charge < -0.3 is 4.90 Å². The summed E-state index contributed by atoms with van der Waals surface area (Å²) in [4.78, 5) is 13.6. The van der Waals surface area contributed by atoms with E-state index in [9.17, 15) is 4.79 Å². The van der Waals surface area contributed by atoms with Gasteiger partial charge in [-0.15, -0.1) is 0 Å². The third-order valence-corrected chi connectivity index (χ3v) is 3.19. The van der Waals surface area contributed by atoms with E-state index in [0.29, 0.717) is 0 Å². The molecule has 0 aliphatic rings. The molecule has 0 aromatic heterocycles. The number of halogens is 1. The highest BCUT2D eigenvalue weighted by Crippen LogP contribution is 2.12. The van der Waals surface area contributed by atoms with E-state index >= 15 is 0 Å². The molecule has 2 nitrogen and oxygen atoms in total. The lowest BCUT2D eigenvalue weighted by atomic mass is 10.2. The van der Waals surface area contributed by atoms with Crippen molar-refractivity contribution in [3.8, 4) is 0 Å². The summed E-state index contributed by atoms with van der Waals surface area (Å²) in [5, 5.41) is 0. The smallest absolute Gasteiger partial charge is 0.253 e. The number of thioether (sulfide) groups is 1. The quantitative estimate of drug-likeness (QED) is 0.849. The van der Waals surface area contributed by atoms with Crippen molar-refractivity contribution >= 4 is 33.6 Å². The van der Waals surface area contributed by atoms with Crippen molar-refractivity contribution in [2.45, 2.75) is 0 Å². The largest absolute Gasteiger partial charge is 0.341 e. The molecule has 0 fully saturated rings. The summed E-state index contributed by atoms with van der Waals surface area (Å²) in [6.45, 7) is 0.788. The second kappa shape index (κ2) is 6.18. The van der Waals surface area contributed by atoms with E-state index in [2.05, 4.69) is 15.9 Å². The van der Waals surface area contributed by atoms with Gasteiger partial charge in [0.25, 0.3) is 5.91 Å². The van der Waals surface area contributed by atoms with Crippen molar-refractivity contribution in [2.75, 3.05) is 25.6 Å². The molecule has 0 saturated carbocycles. The maximum Gasteiger partial charge on any atom is 0.253 e. The summed E-state index contributed by atoms with van der Waals surface area (Å²) in [6.07, 6.45) is 2.04. The first kappa shape index (κ1) is 12.6. The molecule has 0 radical (unpaired) electrons. The monoisotopic (exact) mass is 287 g/mol. The Balaban J connectivity index is 2.63. The van der Waals surface area contributed by atoms with Gasteiger partial charge >= 0.3 is 0 Å². The Bertz CT molecular complexity index is 326. The van der Waals surface area contributed by atoms with Gasteiger partial charge in [-0.2, -0.15) is 11.8 Å². The number of carbonyl (C=O) groups is 1. The fourth-order valence-corrected chi connectivity index (χ4v) is 1.86. The number of nitrogens with zero attached hydrogens (tertiary/aromatic N) is 1. The molecule has 4 heteroatoms. The van der Waals surface area contributed by atoms with Gasteiger partial charge in [-0.1, -0.05) is 15.9 Å². The van der Waals surface area contributed by atoms with Crippen molar-refractivity contribution in [3.63, 3.8) is 0 Å². The molecule has 0 N–H and O–H groups in total. The Labute approximate surface area is 103 Å². The van der Waals surface area contributed by atoms with Crippen molar-refractivity contribution in [3.05, 3.63) is 34.3 Å². The minimum absolute atomic E-state index is 0.0801. The highest BCUT2D eigenvalue weighted by Gasteiger charge is 2.10. The highest BCUT2D eigenvalue weighted by molar-refractivity contribution is 9.10. The third kappa shape index (κ3) is 3.87. The predicted molar refractivity (Wildman–Crippen MR) is 69.5 cm³/mol. The van der Waals surface area contributed by atoms with E-state index in [0.717, 1.165) is 22.3 Å². The molecule has 0 spiro atoms. The fraction of sp³-hybridized carbons (Fsp3) is 0.364. The van der Waals surface area contributed by atoms with Gasteiger partial charge in [0.05, 0.1) is 0 Å². The molecular formula is C11H14BrNOS. The summed E-state index contributed by atoms with van der Waals surface area (Å²) in [7, 11) is 1.83. The average molecular weight is 288 g/mol. The summed E-state index contributed by atoms with van der Waals surface area (Å²) in [5.74, 6) is 1.05. The zero-order valence-corrected chi connectivity index (χ0v) is 11.3. The summed E-state index contributed by atoms with van der Waals surface area (Å²) < 4.78 is 0.991. The molecule has 1 aromatic carbocycles. The van der Waals surface area contributed by atoms with Crippen molar-refractivity contribution in [2.24, 2.45) is 0 Å². The zero-order valence-electron chi connectivity index (χ0n) is 8.87. The van der Waals surface area contributed by atoms with Crippen LogP contribution < -0.4 is 0 Å². The van der Waals surface area contributed by atoms with Crippen LogP contribution in [0.5, 0.6) is 0 Å². The molecule has 1 rings (SSSR count). The van der Waals surface area contributed by atoms with Gasteiger partial charge in [0.2, 0.25) is 0 Å². The van der Waals surface area contributed by atoms with E-state index in [-0.39, 0.29) is 5.91 Å². The normalized spacial score (nSPS) is 10.1. The van der Waals surface area contributed by atoms with Crippen LogP contribution in [-0.2, 0) is 0 Å². The van der Waals surface area contributed by atoms with Crippen LogP contribution in [0.3, 0.4) is 0 Å². The number of amides is 1. The van der Waals surface area contributed by atoms with Crippen molar-refractivity contribution < 1.29 is 4.79 Å². The van der Waals surface area contributed by atoms with Crippen LogP contribution in [0.2, 0.25) is 0 Å². The van der Waals surface area contributed by atoms with Gasteiger partial charge in [-0.05, 0) is 30.5 Å². The van der Waals surface area contributed by atoms with Gasteiger partial charge in [-0.3, -0.25) is 4.79 Å². The van der Waals surface area contributed by atoms with Crippen LogP contribution in [0.15, 0.2) is 28.7 Å². The van der Waals surface area contributed by atoms with Gasteiger partial charge in [-0.25, -0.2) is 0 Å². The van der Waals surface area contributed by atoms with Crippen LogP contribution in [0, 0.1) is 0 Å². The second-order valence-corrected chi connectivity index (χ2v) is 5.13. The van der Waals surface area contributed by atoms with Crippen molar-refractivity contribution in [1.29, 1.82) is 0 Å². The van der Waals surface area contributed by atoms with E-state index in [1.807, 2.05) is 37.6 Å². The van der Waals surface area contributed by atoms with Gasteiger partial charge in [0, 0.05) is 29.4 Å². The van der Waals surface area contributed by atoms with Crippen LogP contribution in [0.25, 0.3) is 0 Å². The number of rotatable bonds is 4. The Hall–Kier alpha value is -0.480. The Kier molecular flexibility index (Phi) is 5.19. The number of hydrogen-bond acceptors (Lipinski definition) is 2. The molecular weight excluding hydrogens is 274 g/mol. The minimum atomic E-state index is 0.0801. The fourth-order valence-electron chi connectivity index (χ4n) is 1.14. The summed E-state index contributed by atoms with van der Waals surface area (Å²) in [5.41, 5.74) is 0.738. The zero-order chi connectivity index (χ0) is 11.3. The van der Waals surface area contributed by atoms with E-state index < -0.39 is 0 Å². The lowest BCUT2D eigenvalue weighted by Gasteiger charge is -2.16. The Morgan fingerprint density at radius 3 is 2.53 bits per heavy atom. The lowest BCUT2D eigenvalue weighted by Crippen LogP contribution is -2.28. The molecule has 0 aliphatic heterocycles. The van der Waals surface area contributed by atoms with Crippen LogP contribution in [-0.4, -0.2) is 36.4 Å². The lowest BCUT2D eigenvalue weighted by molar-refractivity contribution is 0.0804. The molecule has 0 heterocycles. The maximum absolute atomic E-state index is 11.9. The van der Waals surface area contributed by atoms with Crippen LogP contribution in [0.1, 0.15) is 10.4 Å². The number of benzene rings is 1. The highest BCUT2D eigenvalue weighted by atomic mass is 79.9. The third-order valence-electron chi connectivity index (χ3n) is 2.07. The summed E-state index contributed by atoms with van der Waals surface area (Å²) in [6, 6.07) is 7.44. The SMILES string of the molecule is CSCCN(C)C(=O)c1ccc(Br)cc1. The standard InChI is InChI=1S/C11H14BrNOS/c1-13(7-8-15-2)11(14)9-3-5-10(12)6-4-9/h3-6H,7-8H2,1-2H3. The topological polar surface area (TPSA) is 20.3 Å². The first-order valence-corrected chi connectivity index (χ1v) is 6.84. The van der Waals surface area contributed by atoms with E-state index in [1.165, 1.54) is 0 Å². The van der Waals surface area contributed by atoms with Crippen molar-refractivity contribution in [1.82, 2.24) is 4.90 Å². The molecule has 0 aliphatic carbocycles. The number of hydrogen-bond donors (Lipinski definition) is 0. The van der Waals surface area contributed by atoms with Crippen LogP contribution >= 0.6 is 27.7 Å². The summed E-state index contributed by atoms with van der Waals surface area (Å²) >= 11 is 5.09. The average Bonchev–Trinajstić information content (AvgIpc) is 2.26. The minimum Gasteiger partial charge on any atom is -0.341 e. The van der Waals surface area contributed by atoms with Crippen LogP contribution in [0.4, 0.5) is 0 Å². The molecule has 1 aromatic rings. The second-order valence-electron chi connectivity index (χ2n) is 3.23. The molecule has 0 unspecified atom stereocenters. The Morgan fingerprint density at radius 1 is 1.40 bits per heavy atom. The molecule has 0 bridgehead atoms. The molecule has 15 heavy (non-hydrogen) atoms. The van der Waals surface area contributed by atoms with Gasteiger partial charge in [0.1, 0.15) is 0 Å².